The number of hydrogen-bond acceptors (Lipinski definition) is 30. The lowest BCUT2D eigenvalue weighted by molar-refractivity contribution is -0.403. The summed E-state index contributed by atoms with van der Waals surface area (Å²) in [7, 11) is 0. The Kier molecular flexibility index (Phi) is 20.8. The van der Waals surface area contributed by atoms with Crippen molar-refractivity contribution in [3.63, 3.8) is 0 Å². The molecule has 22 aliphatic rings. The van der Waals surface area contributed by atoms with Gasteiger partial charge in [0.2, 0.25) is 5.91 Å². The van der Waals surface area contributed by atoms with Crippen molar-refractivity contribution in [2.45, 2.75) is 191 Å². The minimum atomic E-state index is -2.20. The highest BCUT2D eigenvalue weighted by atomic mass is 16.8. The lowest BCUT2D eigenvalue weighted by Gasteiger charge is -2.50. The van der Waals surface area contributed by atoms with E-state index in [1.165, 1.54) is 0 Å². The van der Waals surface area contributed by atoms with Gasteiger partial charge in [0.05, 0.1) is 39.5 Å². The lowest BCUT2D eigenvalue weighted by atomic mass is 9.94. The molecule has 2 aromatic rings. The maximum atomic E-state index is 13.5. The zero-order chi connectivity index (χ0) is 58.1. The SMILES string of the molecule is O=C(Cc1ccc(-c2ccccc2)cc1)NC[C@H]1O[C@@H]2O[C@H]3[C@H](O)[C@@H](O)[C@@H](O[C@H]4[C@H](O)[C@@H](O)[C@@H](O[C@H]5[C@H](O)[C@@H](O)[C@@H](O[C@H]6[C@H](O)[C@@H](O)[C@@H](O[C@H]7[C@H](O)[C@@H](O)[C@@H](O[C@H]1[C@H](O)[C@H]2O)O[C@@H]7CO)O[C@@H]6CO)O[C@@H]5CO)O[C@@H]4CO)O[C@@H]3CO. The Morgan fingerprint density at radius 1 is 0.321 bits per heavy atom. The van der Waals surface area contributed by atoms with Crippen molar-refractivity contribution in [1.29, 1.82) is 0 Å². The van der Waals surface area contributed by atoms with Crippen molar-refractivity contribution in [3.05, 3.63) is 60.2 Å². The quantitative estimate of drug-likeness (QED) is 0.105. The van der Waals surface area contributed by atoms with Crippen molar-refractivity contribution >= 4 is 5.91 Å². The monoisotopic (exact) mass is 1170 g/mol. The van der Waals surface area contributed by atoms with E-state index in [1.54, 1.807) is 12.1 Å². The number of hydrogen-bond donors (Lipinski definition) is 18. The molecule has 81 heavy (non-hydrogen) atoms. The minimum Gasteiger partial charge on any atom is -0.394 e. The zero-order valence-corrected chi connectivity index (χ0v) is 42.9. The van der Waals surface area contributed by atoms with Gasteiger partial charge in [0.25, 0.3) is 0 Å². The van der Waals surface area contributed by atoms with Crippen LogP contribution in [0.25, 0.3) is 11.1 Å². The molecule has 0 radical (unpaired) electrons. The molecule has 22 heterocycles. The zero-order valence-electron chi connectivity index (χ0n) is 42.9. The first-order chi connectivity index (χ1) is 38.8. The Morgan fingerprint density at radius 3 is 0.840 bits per heavy atom. The van der Waals surface area contributed by atoms with Crippen LogP contribution < -0.4 is 5.32 Å². The van der Waals surface area contributed by atoms with E-state index in [0.717, 1.165) is 11.1 Å². The van der Waals surface area contributed by atoms with Gasteiger partial charge in [0.1, 0.15) is 146 Å². The number of aliphatic hydroxyl groups is 17. The summed E-state index contributed by atoms with van der Waals surface area (Å²) in [4.78, 5) is 13.5. The van der Waals surface area contributed by atoms with Crippen molar-refractivity contribution in [1.82, 2.24) is 5.32 Å². The van der Waals surface area contributed by atoms with Gasteiger partial charge >= 0.3 is 0 Å². The molecule has 12 bridgehead atoms. The van der Waals surface area contributed by atoms with Crippen LogP contribution in [0.5, 0.6) is 0 Å². The Balaban J connectivity index is 1.00. The molecule has 18 N–H and O–H groups in total. The van der Waals surface area contributed by atoms with Crippen LogP contribution in [0.1, 0.15) is 5.56 Å². The van der Waals surface area contributed by atoms with Crippen molar-refractivity contribution in [3.8, 4) is 11.1 Å². The number of ether oxygens (including phenoxy) is 12. The molecule has 24 rings (SSSR count). The van der Waals surface area contributed by atoms with E-state index in [9.17, 15) is 91.6 Å². The molecule has 0 unspecified atom stereocenters. The summed E-state index contributed by atoms with van der Waals surface area (Å²) < 4.78 is 69.7. The predicted octanol–water partition coefficient (Wildman–Crippen LogP) is -10.0. The van der Waals surface area contributed by atoms with Gasteiger partial charge in [-0.1, -0.05) is 54.6 Å². The predicted molar refractivity (Wildman–Crippen MR) is 257 cm³/mol. The van der Waals surface area contributed by atoms with E-state index in [4.69, 9.17) is 56.8 Å². The molecule has 0 saturated carbocycles. The van der Waals surface area contributed by atoms with Crippen LogP contribution in [-0.4, -0.2) is 317 Å². The van der Waals surface area contributed by atoms with Gasteiger partial charge in [0, 0.05) is 6.54 Å². The van der Waals surface area contributed by atoms with E-state index in [1.807, 2.05) is 42.5 Å². The molecule has 22 saturated heterocycles. The average molecular weight is 1170 g/mol. The topological polar surface area (TPSA) is 484 Å². The molecule has 22 fully saturated rings. The summed E-state index contributed by atoms with van der Waals surface area (Å²) in [6.07, 6.45) is -59.6. The average Bonchev–Trinajstić information content (AvgIpc) is 3.67. The third-order valence-electron chi connectivity index (χ3n) is 15.4. The van der Waals surface area contributed by atoms with Crippen LogP contribution in [0.2, 0.25) is 0 Å². The summed E-state index contributed by atoms with van der Waals surface area (Å²) in [6, 6.07) is 16.5. The highest BCUT2D eigenvalue weighted by molar-refractivity contribution is 5.79. The molecular formula is C50H71NO30. The summed E-state index contributed by atoms with van der Waals surface area (Å²) in [5.41, 5.74) is 2.39. The molecule has 0 aliphatic carbocycles. The first kappa shape index (κ1) is 62.3. The van der Waals surface area contributed by atoms with E-state index in [2.05, 4.69) is 5.32 Å². The summed E-state index contributed by atoms with van der Waals surface area (Å²) in [6.45, 7) is -5.66. The number of amides is 1. The smallest absolute Gasteiger partial charge is 0.224 e. The highest BCUT2D eigenvalue weighted by Crippen LogP contribution is 2.38. The van der Waals surface area contributed by atoms with Crippen molar-refractivity contribution < 1.29 is 148 Å². The molecule has 30 atom stereocenters. The third kappa shape index (κ3) is 13.0. The normalized spacial score (nSPS) is 47.1. The van der Waals surface area contributed by atoms with Crippen LogP contribution in [0.4, 0.5) is 0 Å². The summed E-state index contributed by atoms with van der Waals surface area (Å²) in [5, 5.41) is 192. The van der Waals surface area contributed by atoms with Crippen molar-refractivity contribution in [2.75, 3.05) is 39.6 Å². The number of aliphatic hydroxyl groups excluding tert-OH is 17. The van der Waals surface area contributed by atoms with Gasteiger partial charge < -0.3 is 149 Å². The molecule has 2 aromatic carbocycles. The molecule has 0 aromatic heterocycles. The maximum Gasteiger partial charge on any atom is 0.224 e. The van der Waals surface area contributed by atoms with E-state index < -0.39 is 230 Å². The molecule has 0 spiro atoms. The Bertz CT molecular complexity index is 2290. The van der Waals surface area contributed by atoms with Crippen LogP contribution in [0, 0.1) is 0 Å². The summed E-state index contributed by atoms with van der Waals surface area (Å²) >= 11 is 0. The fourth-order valence-electron chi connectivity index (χ4n) is 10.9. The first-order valence-electron chi connectivity index (χ1n) is 26.3. The van der Waals surface area contributed by atoms with Gasteiger partial charge in [0.15, 0.2) is 37.7 Å². The molecule has 1 amide bonds. The number of carbonyl (C=O) groups excluding carboxylic acids is 1. The van der Waals surface area contributed by atoms with Crippen LogP contribution in [0.3, 0.4) is 0 Å². The number of carbonyl (C=O) groups is 1. The number of benzene rings is 2. The second-order valence-corrected chi connectivity index (χ2v) is 20.7. The van der Waals surface area contributed by atoms with Crippen LogP contribution in [0.15, 0.2) is 54.6 Å². The Hall–Kier alpha value is -3.25. The second-order valence-electron chi connectivity index (χ2n) is 20.7. The van der Waals surface area contributed by atoms with Gasteiger partial charge in [-0.2, -0.15) is 0 Å². The van der Waals surface area contributed by atoms with Gasteiger partial charge in [-0.05, 0) is 16.7 Å². The third-order valence-corrected chi connectivity index (χ3v) is 15.4. The van der Waals surface area contributed by atoms with E-state index in [0.29, 0.717) is 5.56 Å². The molecular weight excluding hydrogens is 1090 g/mol. The van der Waals surface area contributed by atoms with Gasteiger partial charge in [-0.25, -0.2) is 0 Å². The molecule has 31 heteroatoms. The standard InChI is InChI=1S/C50H71NO30/c52-12-21-40-29(60)35(66)47(72-21)79-42-23(14-54)74-49(37(68)31(42)62)81-44-25(16-56)75-50(38(69)32(44)63)80-43-24(15-55)73-48(36(67)30(43)61)78-41-22(13-53)71-46(34(65)28(41)59)76-39-20(70-45(77-40)33(64)27(39)58)11-51-26(57)10-17-6-8-19(9-7-17)18-4-2-1-3-5-18/h1-9,20-25,27-50,52-56,58-69H,10-16H2,(H,51,57)/t20-,21-,22-,23-,24-,25-,27-,28-,29-,30-,31-,32-,33-,34-,35-,36-,37-,38-,39-,40-,41-,42-,43-,44-,45-,46-,47-,48-,49-,50-/m1/s1. The Morgan fingerprint density at radius 2 is 0.568 bits per heavy atom. The van der Waals surface area contributed by atoms with E-state index in [-0.39, 0.29) is 6.42 Å². The number of rotatable bonds is 10. The van der Waals surface area contributed by atoms with Crippen LogP contribution in [-0.2, 0) is 68.1 Å². The largest absolute Gasteiger partial charge is 0.394 e. The summed E-state index contributed by atoms with van der Waals surface area (Å²) in [5.74, 6) is -0.597. The Labute approximate surface area is 460 Å². The fraction of sp³-hybridized carbons (Fsp3) is 0.740. The maximum absolute atomic E-state index is 13.5. The molecule has 22 aliphatic heterocycles. The van der Waals surface area contributed by atoms with Gasteiger partial charge in [-0.15, -0.1) is 0 Å². The van der Waals surface area contributed by atoms with E-state index >= 15 is 0 Å². The molecule has 31 nitrogen and oxygen atoms in total. The number of nitrogens with one attached hydrogen (secondary N) is 1. The minimum absolute atomic E-state index is 0.188. The van der Waals surface area contributed by atoms with Crippen molar-refractivity contribution in [2.24, 2.45) is 0 Å². The molecule has 456 valence electrons. The highest BCUT2D eigenvalue weighted by Gasteiger charge is 2.59. The first-order valence-corrected chi connectivity index (χ1v) is 26.3. The second kappa shape index (κ2) is 27.0. The van der Waals surface area contributed by atoms with Gasteiger partial charge in [-0.3, -0.25) is 4.79 Å². The fourth-order valence-corrected chi connectivity index (χ4v) is 10.9. The lowest BCUT2D eigenvalue weighted by Crippen LogP contribution is -2.69. The van der Waals surface area contributed by atoms with Crippen LogP contribution >= 0.6 is 0 Å².